The van der Waals surface area contributed by atoms with Gasteiger partial charge in [-0.15, -0.1) is 0 Å². The summed E-state index contributed by atoms with van der Waals surface area (Å²) in [6, 6.07) is 8.45. The number of nitrogens with zero attached hydrogens (tertiary/aromatic N) is 1. The van der Waals surface area contributed by atoms with Crippen molar-refractivity contribution < 1.29 is 13.2 Å². The van der Waals surface area contributed by atoms with E-state index in [0.29, 0.717) is 6.54 Å². The quantitative estimate of drug-likeness (QED) is 0.900. The van der Waals surface area contributed by atoms with Crippen LogP contribution in [0.15, 0.2) is 24.3 Å². The van der Waals surface area contributed by atoms with E-state index in [0.717, 1.165) is 19.5 Å². The molecular weight excluding hydrogens is 285 g/mol. The molecule has 1 N–H and O–H groups in total. The maximum absolute atomic E-state index is 12.2. The number of alkyl halides is 3. The first kappa shape index (κ1) is 15.7. The van der Waals surface area contributed by atoms with Gasteiger partial charge in [0.25, 0.3) is 0 Å². The number of rotatable bonds is 5. The number of thioether (sulfide) groups is 1. The lowest BCUT2D eigenvalue weighted by atomic mass is 9.94. The fourth-order valence-corrected chi connectivity index (χ4v) is 3.18. The van der Waals surface area contributed by atoms with Gasteiger partial charge >= 0.3 is 5.51 Å². The van der Waals surface area contributed by atoms with Crippen molar-refractivity contribution in [1.29, 1.82) is 0 Å². The summed E-state index contributed by atoms with van der Waals surface area (Å²) in [5.41, 5.74) is -1.59. The second-order valence-electron chi connectivity index (χ2n) is 4.95. The third kappa shape index (κ3) is 4.40. The standard InChI is InChI=1S/C14H19F3N2S/c1-18-9-13-8-11-4-2-3-5-12(11)10-19(13)6-7-20-14(15,16)17/h2-5,13,18H,6-10H2,1H3. The molecule has 0 radical (unpaired) electrons. The lowest BCUT2D eigenvalue weighted by molar-refractivity contribution is -0.0329. The summed E-state index contributed by atoms with van der Waals surface area (Å²) >= 11 is 0.0666. The van der Waals surface area contributed by atoms with Gasteiger partial charge in [0, 0.05) is 31.4 Å². The van der Waals surface area contributed by atoms with Crippen LogP contribution < -0.4 is 5.32 Å². The molecule has 0 bridgehead atoms. The van der Waals surface area contributed by atoms with Gasteiger partial charge in [0.05, 0.1) is 0 Å². The van der Waals surface area contributed by atoms with E-state index in [2.05, 4.69) is 22.3 Å². The van der Waals surface area contributed by atoms with Crippen LogP contribution in [0.25, 0.3) is 0 Å². The highest BCUT2D eigenvalue weighted by molar-refractivity contribution is 8.00. The zero-order chi connectivity index (χ0) is 14.6. The van der Waals surface area contributed by atoms with Crippen molar-refractivity contribution in [3.63, 3.8) is 0 Å². The monoisotopic (exact) mass is 304 g/mol. The maximum Gasteiger partial charge on any atom is 0.441 e. The van der Waals surface area contributed by atoms with E-state index in [4.69, 9.17) is 0 Å². The average Bonchev–Trinajstić information content (AvgIpc) is 2.38. The Morgan fingerprint density at radius 1 is 1.30 bits per heavy atom. The van der Waals surface area contributed by atoms with E-state index in [1.54, 1.807) is 0 Å². The summed E-state index contributed by atoms with van der Waals surface area (Å²) in [6.07, 6.45) is 0.897. The number of fused-ring (bicyclic) bond motifs is 1. The highest BCUT2D eigenvalue weighted by atomic mass is 32.2. The largest absolute Gasteiger partial charge is 0.441 e. The summed E-state index contributed by atoms with van der Waals surface area (Å²) in [5, 5.41) is 3.13. The predicted molar refractivity (Wildman–Crippen MR) is 76.8 cm³/mol. The molecule has 2 nitrogen and oxygen atoms in total. The molecule has 0 amide bonds. The lowest BCUT2D eigenvalue weighted by Crippen LogP contribution is -2.46. The van der Waals surface area contributed by atoms with Gasteiger partial charge < -0.3 is 5.32 Å². The van der Waals surface area contributed by atoms with Crippen molar-refractivity contribution >= 4 is 11.8 Å². The SMILES string of the molecule is CNCC1Cc2ccccc2CN1CCSC(F)(F)F. The highest BCUT2D eigenvalue weighted by Crippen LogP contribution is 2.31. The van der Waals surface area contributed by atoms with E-state index in [1.165, 1.54) is 11.1 Å². The third-order valence-corrected chi connectivity index (χ3v) is 4.26. The van der Waals surface area contributed by atoms with Gasteiger partial charge in [-0.25, -0.2) is 0 Å². The molecule has 6 heteroatoms. The van der Waals surface area contributed by atoms with Crippen molar-refractivity contribution in [2.75, 3.05) is 25.9 Å². The van der Waals surface area contributed by atoms with E-state index in [-0.39, 0.29) is 23.6 Å². The molecule has 0 saturated carbocycles. The van der Waals surface area contributed by atoms with Gasteiger partial charge in [-0.2, -0.15) is 13.2 Å². The van der Waals surface area contributed by atoms with Crippen LogP contribution in [0.1, 0.15) is 11.1 Å². The predicted octanol–water partition coefficient (Wildman–Crippen LogP) is 2.89. The number of hydrogen-bond donors (Lipinski definition) is 1. The molecule has 20 heavy (non-hydrogen) atoms. The minimum atomic E-state index is -4.13. The number of nitrogens with one attached hydrogen (secondary N) is 1. The second kappa shape index (κ2) is 6.83. The van der Waals surface area contributed by atoms with Crippen molar-refractivity contribution in [1.82, 2.24) is 10.2 Å². The molecule has 0 spiro atoms. The molecule has 1 aromatic carbocycles. The fraction of sp³-hybridized carbons (Fsp3) is 0.571. The van der Waals surface area contributed by atoms with Gasteiger partial charge in [-0.1, -0.05) is 24.3 Å². The summed E-state index contributed by atoms with van der Waals surface area (Å²) < 4.78 is 36.7. The van der Waals surface area contributed by atoms with Crippen LogP contribution in [0.3, 0.4) is 0 Å². The highest BCUT2D eigenvalue weighted by Gasteiger charge is 2.30. The fourth-order valence-electron chi connectivity index (χ4n) is 2.62. The van der Waals surface area contributed by atoms with Crippen LogP contribution in [0.5, 0.6) is 0 Å². The summed E-state index contributed by atoms with van der Waals surface area (Å²) in [7, 11) is 1.88. The smallest absolute Gasteiger partial charge is 0.318 e. The summed E-state index contributed by atoms with van der Waals surface area (Å²) in [6.45, 7) is 2.00. The van der Waals surface area contributed by atoms with Crippen LogP contribution in [0, 0.1) is 0 Å². The summed E-state index contributed by atoms with van der Waals surface area (Å²) in [5.74, 6) is 0.0892. The topological polar surface area (TPSA) is 15.3 Å². The molecular formula is C14H19F3N2S. The molecule has 1 heterocycles. The minimum Gasteiger partial charge on any atom is -0.318 e. The summed E-state index contributed by atoms with van der Waals surface area (Å²) in [4.78, 5) is 2.15. The van der Waals surface area contributed by atoms with Crippen LogP contribution in [-0.2, 0) is 13.0 Å². The lowest BCUT2D eigenvalue weighted by Gasteiger charge is -2.37. The molecule has 0 aromatic heterocycles. The molecule has 1 atom stereocenters. The molecule has 0 saturated heterocycles. The first-order valence-electron chi connectivity index (χ1n) is 6.65. The Morgan fingerprint density at radius 3 is 2.65 bits per heavy atom. The Labute approximate surface area is 121 Å². The Balaban J connectivity index is 1.99. The Morgan fingerprint density at radius 2 is 2.00 bits per heavy atom. The van der Waals surface area contributed by atoms with Crippen molar-refractivity contribution in [3.8, 4) is 0 Å². The molecule has 0 fully saturated rings. The number of benzene rings is 1. The van der Waals surface area contributed by atoms with E-state index in [9.17, 15) is 13.2 Å². The Bertz CT molecular complexity index is 437. The number of halogens is 3. The van der Waals surface area contributed by atoms with Gasteiger partial charge in [-0.3, -0.25) is 4.90 Å². The van der Waals surface area contributed by atoms with E-state index < -0.39 is 5.51 Å². The molecule has 1 unspecified atom stereocenters. The van der Waals surface area contributed by atoms with Crippen LogP contribution in [-0.4, -0.2) is 42.3 Å². The first-order chi connectivity index (χ1) is 9.49. The van der Waals surface area contributed by atoms with Crippen molar-refractivity contribution in [2.24, 2.45) is 0 Å². The van der Waals surface area contributed by atoms with Gasteiger partial charge in [0.15, 0.2) is 0 Å². The maximum atomic E-state index is 12.2. The molecule has 0 aliphatic carbocycles. The molecule has 2 rings (SSSR count). The molecule has 1 aliphatic heterocycles. The van der Waals surface area contributed by atoms with Crippen LogP contribution >= 0.6 is 11.8 Å². The van der Waals surface area contributed by atoms with Crippen LogP contribution in [0.2, 0.25) is 0 Å². The molecule has 1 aliphatic rings. The van der Waals surface area contributed by atoms with Crippen molar-refractivity contribution in [2.45, 2.75) is 24.5 Å². The van der Waals surface area contributed by atoms with Crippen LogP contribution in [0.4, 0.5) is 13.2 Å². The third-order valence-electron chi connectivity index (χ3n) is 3.55. The van der Waals surface area contributed by atoms with Gasteiger partial charge in [0.1, 0.15) is 0 Å². The Kier molecular flexibility index (Phi) is 5.35. The average molecular weight is 304 g/mol. The number of hydrogen-bond acceptors (Lipinski definition) is 3. The zero-order valence-corrected chi connectivity index (χ0v) is 12.2. The number of likely N-dealkylation sites (N-methyl/N-ethyl adjacent to an activating group) is 1. The van der Waals surface area contributed by atoms with Gasteiger partial charge in [0.2, 0.25) is 0 Å². The minimum absolute atomic E-state index is 0.0666. The Hall–Kier alpha value is -0.720. The van der Waals surface area contributed by atoms with E-state index >= 15 is 0 Å². The zero-order valence-electron chi connectivity index (χ0n) is 11.4. The molecule has 1 aromatic rings. The molecule has 112 valence electrons. The van der Waals surface area contributed by atoms with Gasteiger partial charge in [-0.05, 0) is 36.4 Å². The second-order valence-corrected chi connectivity index (χ2v) is 6.11. The normalized spacial score (nSPS) is 19.9. The first-order valence-corrected chi connectivity index (χ1v) is 7.64. The van der Waals surface area contributed by atoms with Crippen molar-refractivity contribution in [3.05, 3.63) is 35.4 Å². The van der Waals surface area contributed by atoms with E-state index in [1.807, 2.05) is 19.2 Å².